The van der Waals surface area contributed by atoms with E-state index in [9.17, 15) is 4.79 Å². The van der Waals surface area contributed by atoms with Crippen molar-refractivity contribution in [1.82, 2.24) is 0 Å². The van der Waals surface area contributed by atoms with E-state index in [0.29, 0.717) is 5.57 Å². The Balaban J connectivity index is 2.82. The minimum Gasteiger partial charge on any atom is -0.478 e. The molecule has 0 radical (unpaired) electrons. The second kappa shape index (κ2) is 5.34. The normalized spacial score (nSPS) is 22.1. The highest BCUT2D eigenvalue weighted by atomic mass is 16.4. The molecule has 0 spiro atoms. The van der Waals surface area contributed by atoms with Crippen molar-refractivity contribution in [1.29, 1.82) is 0 Å². The summed E-state index contributed by atoms with van der Waals surface area (Å²) in [5, 5.41) is 8.92. The van der Waals surface area contributed by atoms with E-state index >= 15 is 0 Å². The number of rotatable bonds is 3. The van der Waals surface area contributed by atoms with Crippen LogP contribution in [0.3, 0.4) is 0 Å². The summed E-state index contributed by atoms with van der Waals surface area (Å²) in [6.07, 6.45) is 10.5. The van der Waals surface area contributed by atoms with E-state index in [1.54, 1.807) is 6.92 Å². The summed E-state index contributed by atoms with van der Waals surface area (Å²) < 4.78 is 0. The van der Waals surface area contributed by atoms with Crippen LogP contribution in [0.4, 0.5) is 0 Å². The van der Waals surface area contributed by atoms with Crippen LogP contribution in [0.1, 0.15) is 58.8 Å². The average Bonchev–Trinajstić information content (AvgIpc) is 2.44. The molecule has 1 fully saturated rings. The molecule has 2 nitrogen and oxygen atoms in total. The van der Waals surface area contributed by atoms with Gasteiger partial charge < -0.3 is 5.11 Å². The van der Waals surface area contributed by atoms with Gasteiger partial charge in [0.05, 0.1) is 0 Å². The van der Waals surface area contributed by atoms with Crippen molar-refractivity contribution in [2.45, 2.75) is 58.8 Å². The van der Waals surface area contributed by atoms with Gasteiger partial charge in [-0.25, -0.2) is 4.79 Å². The Hall–Kier alpha value is -0.790. The van der Waals surface area contributed by atoms with Crippen molar-refractivity contribution in [3.8, 4) is 0 Å². The summed E-state index contributed by atoms with van der Waals surface area (Å²) in [4.78, 5) is 10.8. The first-order chi connectivity index (χ1) is 7.09. The SMILES string of the molecule is CCC1(C=C(C)C(=O)O)CCCCCC1. The van der Waals surface area contributed by atoms with E-state index in [1.165, 1.54) is 25.7 Å². The molecule has 0 aromatic carbocycles. The second-order valence-corrected chi connectivity index (χ2v) is 4.76. The lowest BCUT2D eigenvalue weighted by Gasteiger charge is -2.28. The van der Waals surface area contributed by atoms with Crippen molar-refractivity contribution in [3.63, 3.8) is 0 Å². The lowest BCUT2D eigenvalue weighted by atomic mass is 9.77. The number of hydrogen-bond acceptors (Lipinski definition) is 1. The Morgan fingerprint density at radius 1 is 1.27 bits per heavy atom. The molecule has 0 bridgehead atoms. The quantitative estimate of drug-likeness (QED) is 0.568. The zero-order chi connectivity index (χ0) is 11.3. The molecule has 1 aliphatic rings. The molecular formula is C13H22O2. The molecule has 0 unspecified atom stereocenters. The maximum atomic E-state index is 10.8. The van der Waals surface area contributed by atoms with E-state index < -0.39 is 5.97 Å². The van der Waals surface area contributed by atoms with Gasteiger partial charge in [0.2, 0.25) is 0 Å². The summed E-state index contributed by atoms with van der Waals surface area (Å²) >= 11 is 0. The van der Waals surface area contributed by atoms with Crippen LogP contribution < -0.4 is 0 Å². The number of carboxylic acids is 1. The lowest BCUT2D eigenvalue weighted by molar-refractivity contribution is -0.132. The minimum atomic E-state index is -0.771. The van der Waals surface area contributed by atoms with Crippen LogP contribution >= 0.6 is 0 Å². The summed E-state index contributed by atoms with van der Waals surface area (Å²) in [5.41, 5.74) is 0.678. The molecule has 0 aromatic heterocycles. The first-order valence-corrected chi connectivity index (χ1v) is 6.02. The smallest absolute Gasteiger partial charge is 0.330 e. The molecular weight excluding hydrogens is 188 g/mol. The molecule has 0 atom stereocenters. The number of carboxylic acid groups (broad SMARTS) is 1. The Morgan fingerprint density at radius 2 is 1.80 bits per heavy atom. The molecule has 1 aliphatic carbocycles. The Labute approximate surface area is 92.4 Å². The van der Waals surface area contributed by atoms with Crippen molar-refractivity contribution >= 4 is 5.97 Å². The Kier molecular flexibility index (Phi) is 4.37. The van der Waals surface area contributed by atoms with Crippen LogP contribution in [0.5, 0.6) is 0 Å². The second-order valence-electron chi connectivity index (χ2n) is 4.76. The predicted octanol–water partition coefficient (Wildman–Crippen LogP) is 3.77. The van der Waals surface area contributed by atoms with Gasteiger partial charge in [-0.3, -0.25) is 0 Å². The molecule has 0 saturated heterocycles. The van der Waals surface area contributed by atoms with Gasteiger partial charge in [-0.1, -0.05) is 38.7 Å². The third-order valence-electron chi connectivity index (χ3n) is 3.66. The first-order valence-electron chi connectivity index (χ1n) is 6.02. The number of hydrogen-bond donors (Lipinski definition) is 1. The highest BCUT2D eigenvalue weighted by Crippen LogP contribution is 2.40. The van der Waals surface area contributed by atoms with Gasteiger partial charge in [0.1, 0.15) is 0 Å². The lowest BCUT2D eigenvalue weighted by Crippen LogP contribution is -2.17. The largest absolute Gasteiger partial charge is 0.478 e. The topological polar surface area (TPSA) is 37.3 Å². The Bertz CT molecular complexity index is 245. The average molecular weight is 210 g/mol. The summed E-state index contributed by atoms with van der Waals surface area (Å²) in [5.74, 6) is -0.771. The third kappa shape index (κ3) is 3.37. The van der Waals surface area contributed by atoms with Gasteiger partial charge in [0, 0.05) is 5.57 Å². The van der Waals surface area contributed by atoms with Gasteiger partial charge in [0.15, 0.2) is 0 Å². The van der Waals surface area contributed by atoms with Crippen molar-refractivity contribution < 1.29 is 9.90 Å². The zero-order valence-corrected chi connectivity index (χ0v) is 9.88. The summed E-state index contributed by atoms with van der Waals surface area (Å²) in [6.45, 7) is 3.89. The van der Waals surface area contributed by atoms with Crippen molar-refractivity contribution in [2.75, 3.05) is 0 Å². The molecule has 2 heteroatoms. The molecule has 15 heavy (non-hydrogen) atoms. The first kappa shape index (κ1) is 12.3. The van der Waals surface area contributed by atoms with Crippen molar-refractivity contribution in [2.24, 2.45) is 5.41 Å². The maximum Gasteiger partial charge on any atom is 0.330 e. The Morgan fingerprint density at radius 3 is 2.20 bits per heavy atom. The molecule has 1 rings (SSSR count). The molecule has 0 amide bonds. The van der Waals surface area contributed by atoms with Crippen LogP contribution in [0, 0.1) is 5.41 Å². The van der Waals surface area contributed by atoms with Gasteiger partial charge >= 0.3 is 5.97 Å². The number of carbonyl (C=O) groups is 1. The fourth-order valence-corrected chi connectivity index (χ4v) is 2.55. The van der Waals surface area contributed by atoms with Crippen LogP contribution in [0.15, 0.2) is 11.6 Å². The van der Waals surface area contributed by atoms with E-state index in [0.717, 1.165) is 19.3 Å². The molecule has 0 aliphatic heterocycles. The summed E-state index contributed by atoms with van der Waals surface area (Å²) in [7, 11) is 0. The fraction of sp³-hybridized carbons (Fsp3) is 0.769. The van der Waals surface area contributed by atoms with E-state index in [4.69, 9.17) is 5.11 Å². The molecule has 1 N–H and O–H groups in total. The monoisotopic (exact) mass is 210 g/mol. The van der Waals surface area contributed by atoms with Crippen LogP contribution in [0.2, 0.25) is 0 Å². The number of allylic oxidation sites excluding steroid dienone is 1. The fourth-order valence-electron chi connectivity index (χ4n) is 2.55. The number of aliphatic carboxylic acids is 1. The van der Waals surface area contributed by atoms with Gasteiger partial charge in [-0.15, -0.1) is 0 Å². The van der Waals surface area contributed by atoms with Crippen molar-refractivity contribution in [3.05, 3.63) is 11.6 Å². The molecule has 86 valence electrons. The van der Waals surface area contributed by atoms with Gasteiger partial charge in [-0.05, 0) is 31.6 Å². The predicted molar refractivity (Wildman–Crippen MR) is 61.8 cm³/mol. The summed E-state index contributed by atoms with van der Waals surface area (Å²) in [6, 6.07) is 0. The zero-order valence-electron chi connectivity index (χ0n) is 9.88. The standard InChI is InChI=1S/C13H22O2/c1-3-13(10-11(2)12(14)15)8-6-4-5-7-9-13/h10H,3-9H2,1-2H3,(H,14,15). The van der Waals surface area contributed by atoms with Crippen LogP contribution in [-0.4, -0.2) is 11.1 Å². The highest BCUT2D eigenvalue weighted by molar-refractivity contribution is 5.85. The molecule has 0 heterocycles. The third-order valence-corrected chi connectivity index (χ3v) is 3.66. The van der Waals surface area contributed by atoms with Crippen LogP contribution in [0.25, 0.3) is 0 Å². The molecule has 0 aromatic rings. The van der Waals surface area contributed by atoms with E-state index in [-0.39, 0.29) is 5.41 Å². The molecule has 1 saturated carbocycles. The van der Waals surface area contributed by atoms with Gasteiger partial charge in [0.25, 0.3) is 0 Å². The van der Waals surface area contributed by atoms with E-state index in [1.807, 2.05) is 6.08 Å². The highest BCUT2D eigenvalue weighted by Gasteiger charge is 2.27. The maximum absolute atomic E-state index is 10.8. The minimum absolute atomic E-state index is 0.166. The van der Waals surface area contributed by atoms with Crippen LogP contribution in [-0.2, 0) is 4.79 Å². The van der Waals surface area contributed by atoms with E-state index in [2.05, 4.69) is 6.92 Å². The van der Waals surface area contributed by atoms with Gasteiger partial charge in [-0.2, -0.15) is 0 Å².